The molecule has 170 valence electrons. The van der Waals surface area contributed by atoms with Crippen molar-refractivity contribution in [2.24, 2.45) is 0 Å². The van der Waals surface area contributed by atoms with E-state index in [2.05, 4.69) is 25.5 Å². The first kappa shape index (κ1) is 22.2. The van der Waals surface area contributed by atoms with Crippen LogP contribution in [0.1, 0.15) is 44.7 Å². The summed E-state index contributed by atoms with van der Waals surface area (Å²) in [6, 6.07) is 1.68. The maximum Gasteiger partial charge on any atom is 0.228 e. The van der Waals surface area contributed by atoms with Gasteiger partial charge in [0.25, 0.3) is 0 Å². The van der Waals surface area contributed by atoms with Crippen LogP contribution in [0.3, 0.4) is 0 Å². The molecule has 2 fully saturated rings. The highest BCUT2D eigenvalue weighted by atomic mass is 35.5. The molecule has 3 atom stereocenters. The van der Waals surface area contributed by atoms with E-state index >= 15 is 0 Å². The normalized spacial score (nSPS) is 24.2. The van der Waals surface area contributed by atoms with E-state index in [-0.39, 0.29) is 40.8 Å². The maximum atomic E-state index is 14.5. The van der Waals surface area contributed by atoms with Crippen LogP contribution in [0.15, 0.2) is 6.07 Å². The monoisotopic (exact) mass is 471 g/mol. The smallest absolute Gasteiger partial charge is 0.228 e. The summed E-state index contributed by atoms with van der Waals surface area (Å²) in [4.78, 5) is 10.4. The fourth-order valence-corrected chi connectivity index (χ4v) is 6.40. The number of rotatable bonds is 6. The first-order valence-electron chi connectivity index (χ1n) is 10.5. The van der Waals surface area contributed by atoms with E-state index in [9.17, 15) is 12.8 Å². The Morgan fingerprint density at radius 2 is 2.00 bits per heavy atom. The molecule has 12 heteroatoms. The summed E-state index contributed by atoms with van der Waals surface area (Å²) < 4.78 is 41.5. The predicted molar refractivity (Wildman–Crippen MR) is 118 cm³/mol. The van der Waals surface area contributed by atoms with Gasteiger partial charge in [0.2, 0.25) is 21.8 Å². The van der Waals surface area contributed by atoms with E-state index in [0.29, 0.717) is 18.7 Å². The minimum absolute atomic E-state index is 0.0283. The van der Waals surface area contributed by atoms with Gasteiger partial charge in [-0.05, 0) is 39.5 Å². The van der Waals surface area contributed by atoms with E-state index in [1.165, 1.54) is 0 Å². The second-order valence-corrected chi connectivity index (χ2v) is 10.8. The van der Waals surface area contributed by atoms with Gasteiger partial charge in [-0.3, -0.25) is 5.10 Å². The SMILES string of the molecule is CCS(=O)(=O)N1[C@@H]2CCC[C@H]1C[C@H](N(C)c1nc(Cl)c(F)c(Nc3cc(C)[nH]n3)n1)C2. The number of fused-ring (bicyclic) bond motifs is 2. The molecule has 2 aliphatic rings. The lowest BCUT2D eigenvalue weighted by Crippen LogP contribution is -2.58. The third kappa shape index (κ3) is 4.35. The number of sulfonamides is 1. The van der Waals surface area contributed by atoms with Crippen molar-refractivity contribution in [2.45, 2.75) is 64.1 Å². The number of hydrogen-bond acceptors (Lipinski definition) is 7. The lowest BCUT2D eigenvalue weighted by Gasteiger charge is -2.49. The molecule has 0 unspecified atom stereocenters. The van der Waals surface area contributed by atoms with E-state index in [1.807, 2.05) is 18.9 Å². The lowest BCUT2D eigenvalue weighted by atomic mass is 9.83. The van der Waals surface area contributed by atoms with Gasteiger partial charge >= 0.3 is 0 Å². The molecule has 0 spiro atoms. The zero-order valence-electron chi connectivity index (χ0n) is 17.8. The van der Waals surface area contributed by atoms with Crippen molar-refractivity contribution in [1.29, 1.82) is 0 Å². The largest absolute Gasteiger partial charge is 0.341 e. The van der Waals surface area contributed by atoms with E-state index in [0.717, 1.165) is 25.0 Å². The molecule has 4 heterocycles. The van der Waals surface area contributed by atoms with E-state index in [1.54, 1.807) is 17.3 Å². The summed E-state index contributed by atoms with van der Waals surface area (Å²) in [6.45, 7) is 3.52. The van der Waals surface area contributed by atoms with Crippen molar-refractivity contribution in [3.63, 3.8) is 0 Å². The van der Waals surface area contributed by atoms with Crippen molar-refractivity contribution in [2.75, 3.05) is 23.0 Å². The summed E-state index contributed by atoms with van der Waals surface area (Å²) in [6.07, 6.45) is 4.06. The van der Waals surface area contributed by atoms with Gasteiger partial charge < -0.3 is 10.2 Å². The molecule has 2 N–H and O–H groups in total. The Kier molecular flexibility index (Phi) is 6.10. The van der Waals surface area contributed by atoms with Crippen molar-refractivity contribution in [3.8, 4) is 0 Å². The summed E-state index contributed by atoms with van der Waals surface area (Å²) >= 11 is 6.06. The zero-order chi connectivity index (χ0) is 22.3. The molecule has 2 saturated heterocycles. The molecule has 2 aromatic rings. The Hall–Kier alpha value is -1.98. The number of piperidine rings is 2. The fourth-order valence-electron chi connectivity index (χ4n) is 4.64. The Morgan fingerprint density at radius 3 is 2.58 bits per heavy atom. The molecular formula is C19H27ClFN7O2S. The molecule has 31 heavy (non-hydrogen) atoms. The number of hydrogen-bond donors (Lipinski definition) is 2. The quantitative estimate of drug-likeness (QED) is 0.623. The van der Waals surface area contributed by atoms with Gasteiger partial charge in [-0.1, -0.05) is 18.0 Å². The van der Waals surface area contributed by atoms with E-state index < -0.39 is 15.8 Å². The van der Waals surface area contributed by atoms with Crippen LogP contribution in [-0.2, 0) is 10.0 Å². The third-order valence-corrected chi connectivity index (χ3v) is 8.40. The predicted octanol–water partition coefficient (Wildman–Crippen LogP) is 3.22. The highest BCUT2D eigenvalue weighted by Crippen LogP contribution is 2.38. The number of nitrogens with one attached hydrogen (secondary N) is 2. The van der Waals surface area contributed by atoms with Crippen molar-refractivity contribution < 1.29 is 12.8 Å². The number of aromatic amines is 1. The summed E-state index contributed by atoms with van der Waals surface area (Å²) in [7, 11) is -1.41. The number of halogens is 2. The van der Waals surface area contributed by atoms with Crippen LogP contribution in [0.2, 0.25) is 5.15 Å². The molecular weight excluding hydrogens is 445 g/mol. The Bertz CT molecular complexity index is 1050. The van der Waals surface area contributed by atoms with Gasteiger partial charge in [-0.2, -0.15) is 23.8 Å². The van der Waals surface area contributed by atoms with Crippen LogP contribution in [0, 0.1) is 12.7 Å². The average molecular weight is 472 g/mol. The number of H-pyrrole nitrogens is 1. The third-order valence-electron chi connectivity index (χ3n) is 6.18. The lowest BCUT2D eigenvalue weighted by molar-refractivity contribution is 0.109. The first-order valence-corrected chi connectivity index (χ1v) is 12.4. The van der Waals surface area contributed by atoms with Crippen LogP contribution in [0.4, 0.5) is 22.0 Å². The minimum Gasteiger partial charge on any atom is -0.341 e. The standard InChI is InChI=1S/C19H27ClFN7O2S/c1-4-31(29,30)28-12-6-5-7-13(28)10-14(9-12)27(3)19-23-17(20)16(21)18(24-19)22-15-8-11(2)25-26-15/h8,12-14H,4-7,9-10H2,1-3H3,(H2,22,23,24,25,26)/t12-,13+,14-. The second-order valence-electron chi connectivity index (χ2n) is 8.24. The highest BCUT2D eigenvalue weighted by molar-refractivity contribution is 7.89. The van der Waals surface area contributed by atoms with Crippen LogP contribution < -0.4 is 10.2 Å². The molecule has 2 aromatic heterocycles. The molecule has 0 saturated carbocycles. The molecule has 9 nitrogen and oxygen atoms in total. The van der Waals surface area contributed by atoms with Gasteiger partial charge in [-0.15, -0.1) is 0 Å². The molecule has 4 rings (SSSR count). The number of nitrogens with zero attached hydrogens (tertiary/aromatic N) is 5. The molecule has 2 bridgehead atoms. The van der Waals surface area contributed by atoms with Gasteiger partial charge in [0, 0.05) is 36.9 Å². The van der Waals surface area contributed by atoms with Gasteiger partial charge in [-0.25, -0.2) is 8.42 Å². The molecule has 0 amide bonds. The number of aromatic nitrogens is 4. The van der Waals surface area contributed by atoms with Gasteiger partial charge in [0.15, 0.2) is 16.8 Å². The van der Waals surface area contributed by atoms with Crippen LogP contribution in [-0.4, -0.2) is 63.8 Å². The van der Waals surface area contributed by atoms with Gasteiger partial charge in [0.1, 0.15) is 0 Å². The first-order chi connectivity index (χ1) is 14.7. The van der Waals surface area contributed by atoms with Crippen LogP contribution in [0.5, 0.6) is 0 Å². The van der Waals surface area contributed by atoms with Crippen LogP contribution in [0.25, 0.3) is 0 Å². The fraction of sp³-hybridized carbons (Fsp3) is 0.632. The molecule has 0 aliphatic carbocycles. The van der Waals surface area contributed by atoms with Crippen LogP contribution >= 0.6 is 11.6 Å². The molecule has 2 aliphatic heterocycles. The highest BCUT2D eigenvalue weighted by Gasteiger charge is 2.45. The maximum absolute atomic E-state index is 14.5. The summed E-state index contributed by atoms with van der Waals surface area (Å²) in [5, 5.41) is 9.38. The van der Waals surface area contributed by atoms with Crippen molar-refractivity contribution in [1.82, 2.24) is 24.5 Å². The summed E-state index contributed by atoms with van der Waals surface area (Å²) in [5.41, 5.74) is 0.820. The molecule has 0 radical (unpaired) electrons. The number of aryl methyl sites for hydroxylation is 1. The number of anilines is 3. The second kappa shape index (κ2) is 8.51. The Labute approximate surface area is 186 Å². The van der Waals surface area contributed by atoms with Crippen molar-refractivity contribution in [3.05, 3.63) is 22.7 Å². The Balaban J connectivity index is 1.58. The average Bonchev–Trinajstić information content (AvgIpc) is 3.14. The minimum atomic E-state index is -3.25. The van der Waals surface area contributed by atoms with Gasteiger partial charge in [0.05, 0.1) is 5.75 Å². The van der Waals surface area contributed by atoms with Crippen molar-refractivity contribution >= 4 is 39.2 Å². The summed E-state index contributed by atoms with van der Waals surface area (Å²) in [5.74, 6) is 0.0157. The Morgan fingerprint density at radius 1 is 1.32 bits per heavy atom. The molecule has 0 aromatic carbocycles. The zero-order valence-corrected chi connectivity index (χ0v) is 19.3. The topological polar surface area (TPSA) is 107 Å². The van der Waals surface area contributed by atoms with E-state index in [4.69, 9.17) is 11.6 Å².